The summed E-state index contributed by atoms with van der Waals surface area (Å²) in [7, 11) is 4.70. The molecule has 140 valence electrons. The number of aryl methyl sites for hydroxylation is 2. The molecule has 2 aromatic carbocycles. The molecule has 0 saturated heterocycles. The molecule has 0 aliphatic carbocycles. The maximum atomic E-state index is 12.1. The minimum absolute atomic E-state index is 0.0480. The molecular formula is C20H26N2O4. The summed E-state index contributed by atoms with van der Waals surface area (Å²) in [6, 6.07) is 9.50. The molecular weight excluding hydrogens is 332 g/mol. The summed E-state index contributed by atoms with van der Waals surface area (Å²) in [5.41, 5.74) is 3.95. The Morgan fingerprint density at radius 2 is 1.54 bits per heavy atom. The SMILES string of the molecule is COc1cc(NCCC(=O)Nc2ccc(C)c(C)c2)cc(OC)c1OC. The molecule has 0 radical (unpaired) electrons. The van der Waals surface area contributed by atoms with E-state index in [1.165, 1.54) is 5.56 Å². The molecule has 0 atom stereocenters. The lowest BCUT2D eigenvalue weighted by Crippen LogP contribution is -2.16. The van der Waals surface area contributed by atoms with Gasteiger partial charge in [0.25, 0.3) is 0 Å². The topological polar surface area (TPSA) is 68.8 Å². The number of anilines is 2. The van der Waals surface area contributed by atoms with Gasteiger partial charge >= 0.3 is 0 Å². The van der Waals surface area contributed by atoms with Crippen molar-refractivity contribution < 1.29 is 19.0 Å². The van der Waals surface area contributed by atoms with Crippen molar-refractivity contribution in [3.05, 3.63) is 41.5 Å². The summed E-state index contributed by atoms with van der Waals surface area (Å²) < 4.78 is 15.9. The molecule has 2 aromatic rings. The van der Waals surface area contributed by atoms with Crippen LogP contribution in [0.25, 0.3) is 0 Å². The van der Waals surface area contributed by atoms with Crippen molar-refractivity contribution in [2.24, 2.45) is 0 Å². The lowest BCUT2D eigenvalue weighted by atomic mass is 10.1. The van der Waals surface area contributed by atoms with Gasteiger partial charge in [0.15, 0.2) is 11.5 Å². The van der Waals surface area contributed by atoms with Gasteiger partial charge in [0, 0.05) is 36.5 Å². The molecule has 0 bridgehead atoms. The van der Waals surface area contributed by atoms with E-state index in [4.69, 9.17) is 14.2 Å². The van der Waals surface area contributed by atoms with Crippen LogP contribution in [0.15, 0.2) is 30.3 Å². The van der Waals surface area contributed by atoms with Gasteiger partial charge < -0.3 is 24.8 Å². The van der Waals surface area contributed by atoms with Crippen molar-refractivity contribution >= 4 is 17.3 Å². The van der Waals surface area contributed by atoms with Crippen LogP contribution < -0.4 is 24.8 Å². The highest BCUT2D eigenvalue weighted by atomic mass is 16.5. The molecule has 0 aromatic heterocycles. The van der Waals surface area contributed by atoms with Gasteiger partial charge in [-0.1, -0.05) is 6.07 Å². The number of nitrogens with one attached hydrogen (secondary N) is 2. The largest absolute Gasteiger partial charge is 0.493 e. The summed E-state index contributed by atoms with van der Waals surface area (Å²) in [6.07, 6.45) is 0.337. The summed E-state index contributed by atoms with van der Waals surface area (Å²) in [6.45, 7) is 4.55. The highest BCUT2D eigenvalue weighted by molar-refractivity contribution is 5.91. The van der Waals surface area contributed by atoms with Crippen LogP contribution in [0.1, 0.15) is 17.5 Å². The third kappa shape index (κ3) is 4.81. The minimum atomic E-state index is -0.0480. The fraction of sp³-hybridized carbons (Fsp3) is 0.350. The fourth-order valence-corrected chi connectivity index (χ4v) is 2.55. The predicted octanol–water partition coefficient (Wildman–Crippen LogP) is 3.77. The van der Waals surface area contributed by atoms with E-state index in [0.717, 1.165) is 16.9 Å². The first kappa shape index (κ1) is 19.4. The van der Waals surface area contributed by atoms with Crippen LogP contribution in [-0.4, -0.2) is 33.8 Å². The Bertz CT molecular complexity index is 749. The van der Waals surface area contributed by atoms with Crippen molar-refractivity contribution in [2.45, 2.75) is 20.3 Å². The van der Waals surface area contributed by atoms with Crippen LogP contribution in [0.3, 0.4) is 0 Å². The molecule has 0 unspecified atom stereocenters. The van der Waals surface area contributed by atoms with Crippen molar-refractivity contribution in [3.8, 4) is 17.2 Å². The molecule has 0 heterocycles. The molecule has 0 aliphatic heterocycles. The molecule has 0 fully saturated rings. The monoisotopic (exact) mass is 358 g/mol. The van der Waals surface area contributed by atoms with E-state index >= 15 is 0 Å². The van der Waals surface area contributed by atoms with Gasteiger partial charge in [-0.25, -0.2) is 0 Å². The number of rotatable bonds is 8. The number of benzene rings is 2. The van der Waals surface area contributed by atoms with E-state index in [2.05, 4.69) is 10.6 Å². The molecule has 0 saturated carbocycles. The summed E-state index contributed by atoms with van der Waals surface area (Å²) in [5, 5.41) is 6.12. The zero-order chi connectivity index (χ0) is 19.1. The Balaban J connectivity index is 1.94. The Kier molecular flexibility index (Phi) is 6.72. The van der Waals surface area contributed by atoms with Crippen LogP contribution in [0.2, 0.25) is 0 Å². The molecule has 6 heteroatoms. The van der Waals surface area contributed by atoms with E-state index in [0.29, 0.717) is 30.2 Å². The Labute approximate surface area is 154 Å². The van der Waals surface area contributed by atoms with Crippen LogP contribution in [0, 0.1) is 13.8 Å². The molecule has 2 N–H and O–H groups in total. The molecule has 0 spiro atoms. The van der Waals surface area contributed by atoms with Gasteiger partial charge in [-0.2, -0.15) is 0 Å². The van der Waals surface area contributed by atoms with Crippen LogP contribution in [-0.2, 0) is 4.79 Å². The molecule has 6 nitrogen and oxygen atoms in total. The van der Waals surface area contributed by atoms with Crippen LogP contribution in [0.5, 0.6) is 17.2 Å². The Hall–Kier alpha value is -2.89. The van der Waals surface area contributed by atoms with E-state index < -0.39 is 0 Å². The maximum absolute atomic E-state index is 12.1. The zero-order valence-electron chi connectivity index (χ0n) is 15.9. The average Bonchev–Trinajstić information content (AvgIpc) is 2.63. The number of hydrogen-bond donors (Lipinski definition) is 2. The van der Waals surface area contributed by atoms with E-state index in [-0.39, 0.29) is 5.91 Å². The first-order valence-corrected chi connectivity index (χ1v) is 8.39. The lowest BCUT2D eigenvalue weighted by molar-refractivity contribution is -0.115. The molecule has 2 rings (SSSR count). The quantitative estimate of drug-likeness (QED) is 0.752. The number of methoxy groups -OCH3 is 3. The Morgan fingerprint density at radius 3 is 2.08 bits per heavy atom. The molecule has 0 aliphatic rings. The average molecular weight is 358 g/mol. The number of carbonyl (C=O) groups excluding carboxylic acids is 1. The second kappa shape index (κ2) is 8.99. The number of ether oxygens (including phenoxy) is 3. The standard InChI is InChI=1S/C20H26N2O4/c1-13-6-7-15(10-14(13)2)22-19(23)8-9-21-16-11-17(24-3)20(26-5)18(12-16)25-4/h6-7,10-12,21H,8-9H2,1-5H3,(H,22,23). The fourth-order valence-electron chi connectivity index (χ4n) is 2.55. The summed E-state index contributed by atoms with van der Waals surface area (Å²) in [5.74, 6) is 1.61. The van der Waals surface area contributed by atoms with Gasteiger partial charge in [-0.3, -0.25) is 4.79 Å². The number of hydrogen-bond acceptors (Lipinski definition) is 5. The Morgan fingerprint density at radius 1 is 0.885 bits per heavy atom. The second-order valence-corrected chi connectivity index (χ2v) is 5.94. The highest BCUT2D eigenvalue weighted by Crippen LogP contribution is 2.39. The predicted molar refractivity (Wildman–Crippen MR) is 104 cm³/mol. The van der Waals surface area contributed by atoms with Gasteiger partial charge in [0.05, 0.1) is 21.3 Å². The first-order chi connectivity index (χ1) is 12.5. The lowest BCUT2D eigenvalue weighted by Gasteiger charge is -2.15. The van der Waals surface area contributed by atoms with Gasteiger partial charge in [-0.15, -0.1) is 0 Å². The minimum Gasteiger partial charge on any atom is -0.493 e. The van der Waals surface area contributed by atoms with Gasteiger partial charge in [0.1, 0.15) is 0 Å². The van der Waals surface area contributed by atoms with Crippen molar-refractivity contribution in [3.63, 3.8) is 0 Å². The smallest absolute Gasteiger partial charge is 0.226 e. The molecule has 1 amide bonds. The van der Waals surface area contributed by atoms with Crippen molar-refractivity contribution in [2.75, 3.05) is 38.5 Å². The van der Waals surface area contributed by atoms with E-state index in [1.54, 1.807) is 21.3 Å². The third-order valence-electron chi connectivity index (χ3n) is 4.14. The van der Waals surface area contributed by atoms with Crippen LogP contribution >= 0.6 is 0 Å². The highest BCUT2D eigenvalue weighted by Gasteiger charge is 2.13. The summed E-state index contributed by atoms with van der Waals surface area (Å²) in [4.78, 5) is 12.1. The van der Waals surface area contributed by atoms with Gasteiger partial charge in [-0.05, 0) is 37.1 Å². The normalized spacial score (nSPS) is 10.2. The van der Waals surface area contributed by atoms with Crippen molar-refractivity contribution in [1.82, 2.24) is 0 Å². The van der Waals surface area contributed by atoms with E-state index in [9.17, 15) is 4.79 Å². The first-order valence-electron chi connectivity index (χ1n) is 8.39. The summed E-state index contributed by atoms with van der Waals surface area (Å²) >= 11 is 0. The van der Waals surface area contributed by atoms with E-state index in [1.807, 2.05) is 44.2 Å². The van der Waals surface area contributed by atoms with Gasteiger partial charge in [0.2, 0.25) is 11.7 Å². The number of amides is 1. The third-order valence-corrected chi connectivity index (χ3v) is 4.14. The second-order valence-electron chi connectivity index (χ2n) is 5.94. The van der Waals surface area contributed by atoms with Crippen LogP contribution in [0.4, 0.5) is 11.4 Å². The maximum Gasteiger partial charge on any atom is 0.226 e. The van der Waals surface area contributed by atoms with Crippen molar-refractivity contribution in [1.29, 1.82) is 0 Å². The zero-order valence-corrected chi connectivity index (χ0v) is 15.9. The molecule has 26 heavy (non-hydrogen) atoms. The number of carbonyl (C=O) groups is 1.